The first-order valence-electron chi connectivity index (χ1n) is 12.9. The molecule has 2 aliphatic rings. The molecule has 1 saturated carbocycles. The average molecular weight is 437 g/mol. The van der Waals surface area contributed by atoms with E-state index in [0.717, 1.165) is 42.2 Å². The molecule has 0 spiro atoms. The fraction of sp³-hybridized carbons (Fsp3) is 0.533. The van der Waals surface area contributed by atoms with Crippen molar-refractivity contribution in [2.75, 3.05) is 0 Å². The van der Waals surface area contributed by atoms with Gasteiger partial charge < -0.3 is 0 Å². The van der Waals surface area contributed by atoms with Gasteiger partial charge in [-0.2, -0.15) is 0 Å². The minimum Gasteiger partial charge on any atom is -0.207 e. The second kappa shape index (κ2) is 11.3. The predicted octanol–water partition coefficient (Wildman–Crippen LogP) is 9.21. The van der Waals surface area contributed by atoms with E-state index in [2.05, 4.69) is 13.0 Å². The van der Waals surface area contributed by atoms with Crippen LogP contribution in [0.25, 0.3) is 11.1 Å². The molecule has 0 aliphatic heterocycles. The largest absolute Gasteiger partial charge is 0.207 e. The maximum absolute atomic E-state index is 14.8. The van der Waals surface area contributed by atoms with Crippen molar-refractivity contribution in [3.05, 3.63) is 70.8 Å². The molecule has 0 amide bonds. The van der Waals surface area contributed by atoms with Crippen LogP contribution in [-0.4, -0.2) is 0 Å². The number of hydrogen-bond acceptors (Lipinski definition) is 0. The quantitative estimate of drug-likeness (QED) is 0.271. The maximum Gasteiger partial charge on any atom is 0.131 e. The second-order valence-electron chi connectivity index (χ2n) is 10.1. The van der Waals surface area contributed by atoms with Crippen LogP contribution in [0.3, 0.4) is 0 Å². The highest BCUT2D eigenvalue weighted by atomic mass is 19.1. The Morgan fingerprint density at radius 3 is 2.25 bits per heavy atom. The number of hydrogen-bond donors (Lipinski definition) is 0. The van der Waals surface area contributed by atoms with Crippen molar-refractivity contribution >= 4 is 0 Å². The zero-order chi connectivity index (χ0) is 22.3. The Morgan fingerprint density at radius 1 is 0.812 bits per heavy atom. The first-order valence-corrected chi connectivity index (χ1v) is 12.9. The van der Waals surface area contributed by atoms with Crippen LogP contribution in [-0.2, 0) is 12.8 Å². The van der Waals surface area contributed by atoms with E-state index in [0.29, 0.717) is 5.56 Å². The summed E-state index contributed by atoms with van der Waals surface area (Å²) in [5.41, 5.74) is 5.13. The zero-order valence-electron chi connectivity index (χ0n) is 19.6. The third-order valence-electron chi connectivity index (χ3n) is 7.78. The number of unbranched alkanes of at least 4 members (excludes halogenated alkanes) is 3. The van der Waals surface area contributed by atoms with Crippen LogP contribution in [0.4, 0.5) is 8.78 Å². The van der Waals surface area contributed by atoms with Crippen LogP contribution in [0.1, 0.15) is 88.7 Å². The molecule has 0 aromatic heterocycles. The molecule has 172 valence electrons. The summed E-state index contributed by atoms with van der Waals surface area (Å²) in [4.78, 5) is 0. The summed E-state index contributed by atoms with van der Waals surface area (Å²) in [6, 6.07) is 9.78. The highest BCUT2D eigenvalue weighted by Crippen LogP contribution is 2.36. The molecule has 0 radical (unpaired) electrons. The summed E-state index contributed by atoms with van der Waals surface area (Å²) in [6.07, 6.45) is 19.2. The Morgan fingerprint density at radius 2 is 1.53 bits per heavy atom. The van der Waals surface area contributed by atoms with Crippen molar-refractivity contribution in [1.82, 2.24) is 0 Å². The lowest BCUT2D eigenvalue weighted by Crippen LogP contribution is -2.15. The lowest BCUT2D eigenvalue weighted by Gasteiger charge is -2.29. The Labute approximate surface area is 193 Å². The maximum atomic E-state index is 14.8. The number of halogens is 2. The topological polar surface area (TPSA) is 0 Å². The molecule has 2 aliphatic carbocycles. The molecule has 0 bridgehead atoms. The van der Waals surface area contributed by atoms with Gasteiger partial charge in [0.15, 0.2) is 0 Å². The number of benzene rings is 2. The van der Waals surface area contributed by atoms with Crippen molar-refractivity contribution in [3.63, 3.8) is 0 Å². The van der Waals surface area contributed by atoms with Gasteiger partial charge in [0.1, 0.15) is 11.6 Å². The number of allylic oxidation sites excluding steroid dienone is 2. The molecule has 0 atom stereocenters. The molecule has 32 heavy (non-hydrogen) atoms. The second-order valence-corrected chi connectivity index (χ2v) is 10.1. The van der Waals surface area contributed by atoms with Crippen molar-refractivity contribution in [3.8, 4) is 11.1 Å². The fourth-order valence-corrected chi connectivity index (χ4v) is 5.68. The van der Waals surface area contributed by atoms with Gasteiger partial charge in [-0.1, -0.05) is 88.5 Å². The van der Waals surface area contributed by atoms with Gasteiger partial charge in [-0.25, -0.2) is 8.78 Å². The summed E-state index contributed by atoms with van der Waals surface area (Å²) in [6.45, 7) is 2.29. The van der Waals surface area contributed by atoms with Crippen LogP contribution in [0.5, 0.6) is 0 Å². The molecule has 0 unspecified atom stereocenters. The van der Waals surface area contributed by atoms with Crippen LogP contribution in [0, 0.1) is 23.5 Å². The smallest absolute Gasteiger partial charge is 0.131 e. The highest BCUT2D eigenvalue weighted by Gasteiger charge is 2.22. The normalized spacial score (nSPS) is 20.7. The van der Waals surface area contributed by atoms with E-state index in [1.165, 1.54) is 87.5 Å². The monoisotopic (exact) mass is 436 g/mol. The van der Waals surface area contributed by atoms with E-state index in [1.54, 1.807) is 18.2 Å². The molecule has 0 N–H and O–H groups in total. The molecule has 2 aromatic rings. The Hall–Kier alpha value is -1.96. The standard InChI is InChI=1S/C30H38F2/c1-2-3-4-5-6-22-7-9-23(10-8-22)11-12-24-13-14-26-20-29(30(32)21-27(26)19-24)25-15-17-28(31)18-16-25/h13,15-18,20-23H,2-12,14,19H2,1H3. The number of fused-ring (bicyclic) bond motifs is 1. The van der Waals surface area contributed by atoms with Crippen molar-refractivity contribution in [2.24, 2.45) is 11.8 Å². The Balaban J connectivity index is 1.26. The van der Waals surface area contributed by atoms with Gasteiger partial charge in [-0.15, -0.1) is 0 Å². The van der Waals surface area contributed by atoms with Gasteiger partial charge in [0.05, 0.1) is 0 Å². The van der Waals surface area contributed by atoms with Crippen LogP contribution in [0.2, 0.25) is 0 Å². The minimum atomic E-state index is -0.292. The summed E-state index contributed by atoms with van der Waals surface area (Å²) < 4.78 is 28.0. The predicted molar refractivity (Wildman–Crippen MR) is 131 cm³/mol. The van der Waals surface area contributed by atoms with Gasteiger partial charge in [-0.05, 0) is 78.5 Å². The third-order valence-corrected chi connectivity index (χ3v) is 7.78. The van der Waals surface area contributed by atoms with Gasteiger partial charge in [-0.3, -0.25) is 0 Å². The van der Waals surface area contributed by atoms with Crippen molar-refractivity contribution in [2.45, 2.75) is 90.4 Å². The molecular weight excluding hydrogens is 398 g/mol. The summed E-state index contributed by atoms with van der Waals surface area (Å²) in [5.74, 6) is 1.36. The third kappa shape index (κ3) is 6.09. The molecule has 1 fully saturated rings. The van der Waals surface area contributed by atoms with Gasteiger partial charge in [0.25, 0.3) is 0 Å². The molecule has 2 heteroatoms. The molecule has 0 nitrogen and oxygen atoms in total. The first kappa shape index (κ1) is 23.2. The molecule has 2 aromatic carbocycles. The molecule has 4 rings (SSSR count). The van der Waals surface area contributed by atoms with Crippen LogP contribution < -0.4 is 0 Å². The fourth-order valence-electron chi connectivity index (χ4n) is 5.68. The van der Waals surface area contributed by atoms with Gasteiger partial charge >= 0.3 is 0 Å². The summed E-state index contributed by atoms with van der Waals surface area (Å²) in [5, 5.41) is 0. The van der Waals surface area contributed by atoms with E-state index >= 15 is 0 Å². The average Bonchev–Trinajstić information content (AvgIpc) is 2.81. The summed E-state index contributed by atoms with van der Waals surface area (Å²) in [7, 11) is 0. The molecular formula is C30H38F2. The Bertz CT molecular complexity index is 901. The molecule has 0 heterocycles. The van der Waals surface area contributed by atoms with E-state index in [9.17, 15) is 8.78 Å². The minimum absolute atomic E-state index is 0.200. The Kier molecular flexibility index (Phi) is 8.16. The van der Waals surface area contributed by atoms with E-state index < -0.39 is 0 Å². The lowest BCUT2D eigenvalue weighted by molar-refractivity contribution is 0.248. The van der Waals surface area contributed by atoms with E-state index in [4.69, 9.17) is 0 Å². The first-order chi connectivity index (χ1) is 15.6. The summed E-state index contributed by atoms with van der Waals surface area (Å²) >= 11 is 0. The van der Waals surface area contributed by atoms with Crippen LogP contribution >= 0.6 is 0 Å². The van der Waals surface area contributed by atoms with E-state index in [1.807, 2.05) is 6.07 Å². The van der Waals surface area contributed by atoms with Gasteiger partial charge in [0.2, 0.25) is 0 Å². The number of rotatable bonds is 9. The van der Waals surface area contributed by atoms with Crippen molar-refractivity contribution in [1.29, 1.82) is 0 Å². The van der Waals surface area contributed by atoms with Crippen LogP contribution in [0.15, 0.2) is 48.0 Å². The highest BCUT2D eigenvalue weighted by molar-refractivity contribution is 5.66. The SMILES string of the molecule is CCCCCCC1CCC(CCC2=CCc3cc(-c4ccc(F)cc4)c(F)cc3C2)CC1. The van der Waals surface area contributed by atoms with Crippen molar-refractivity contribution < 1.29 is 8.78 Å². The lowest BCUT2D eigenvalue weighted by atomic mass is 9.77. The van der Waals surface area contributed by atoms with Gasteiger partial charge in [0, 0.05) is 5.56 Å². The van der Waals surface area contributed by atoms with E-state index in [-0.39, 0.29) is 11.6 Å². The zero-order valence-corrected chi connectivity index (χ0v) is 19.6. The molecule has 0 saturated heterocycles.